The predicted octanol–water partition coefficient (Wildman–Crippen LogP) is 4.76. The zero-order valence-electron chi connectivity index (χ0n) is 19.1. The first-order chi connectivity index (χ1) is 17.1. The molecular formula is C25H21ClF2N4O3S. The van der Waals surface area contributed by atoms with Gasteiger partial charge in [-0.1, -0.05) is 35.9 Å². The second-order valence-corrected chi connectivity index (χ2v) is 11.1. The number of halogens is 3. The molecular weight excluding hydrogens is 510 g/mol. The molecule has 0 amide bonds. The molecule has 0 fully saturated rings. The molecule has 0 unspecified atom stereocenters. The third kappa shape index (κ3) is 4.59. The summed E-state index contributed by atoms with van der Waals surface area (Å²) in [6, 6.07) is 13.2. The molecule has 0 saturated heterocycles. The fraction of sp³-hybridized carbons (Fsp3) is 0.200. The van der Waals surface area contributed by atoms with Crippen LogP contribution in [0.5, 0.6) is 0 Å². The zero-order valence-corrected chi connectivity index (χ0v) is 20.7. The van der Waals surface area contributed by atoms with Gasteiger partial charge in [0.2, 0.25) is 0 Å². The van der Waals surface area contributed by atoms with Crippen molar-refractivity contribution in [1.82, 2.24) is 10.2 Å². The van der Waals surface area contributed by atoms with Gasteiger partial charge in [0.25, 0.3) is 11.8 Å². The third-order valence-corrected chi connectivity index (χ3v) is 8.11. The molecule has 186 valence electrons. The highest BCUT2D eigenvalue weighted by Crippen LogP contribution is 2.37. The van der Waals surface area contributed by atoms with Gasteiger partial charge < -0.3 is 15.1 Å². The van der Waals surface area contributed by atoms with Crippen LogP contribution in [0.1, 0.15) is 11.1 Å². The van der Waals surface area contributed by atoms with Crippen molar-refractivity contribution in [2.45, 2.75) is 24.4 Å². The van der Waals surface area contributed by atoms with E-state index in [4.69, 9.17) is 21.8 Å². The first kappa shape index (κ1) is 24.4. The number of hydrogen-bond donors (Lipinski definition) is 1. The van der Waals surface area contributed by atoms with E-state index in [-0.39, 0.29) is 45.8 Å². The van der Waals surface area contributed by atoms with Crippen molar-refractivity contribution in [1.29, 1.82) is 0 Å². The van der Waals surface area contributed by atoms with Crippen molar-refractivity contribution in [2.75, 3.05) is 17.2 Å². The van der Waals surface area contributed by atoms with Crippen LogP contribution in [-0.4, -0.2) is 37.0 Å². The van der Waals surface area contributed by atoms with Crippen molar-refractivity contribution in [3.8, 4) is 22.9 Å². The summed E-state index contributed by atoms with van der Waals surface area (Å²) >= 11 is 5.99. The Balaban J connectivity index is 1.62. The highest BCUT2D eigenvalue weighted by Gasteiger charge is 2.32. The van der Waals surface area contributed by atoms with Crippen LogP contribution in [-0.2, 0) is 16.4 Å². The number of benzene rings is 3. The maximum absolute atomic E-state index is 15.3. The number of nitrogens with two attached hydrogens (primary N) is 1. The quantitative estimate of drug-likeness (QED) is 0.405. The second-order valence-electron chi connectivity index (χ2n) is 8.69. The molecule has 11 heteroatoms. The minimum Gasteiger partial charge on any atom is -0.416 e. The Morgan fingerprint density at radius 2 is 1.81 bits per heavy atom. The van der Waals surface area contributed by atoms with Crippen LogP contribution >= 0.6 is 11.6 Å². The van der Waals surface area contributed by atoms with Crippen molar-refractivity contribution < 1.29 is 21.6 Å². The Morgan fingerprint density at radius 1 is 1.08 bits per heavy atom. The molecule has 1 aliphatic rings. The maximum Gasteiger partial charge on any atom is 0.251 e. The van der Waals surface area contributed by atoms with Crippen molar-refractivity contribution in [2.24, 2.45) is 5.73 Å². The molecule has 0 spiro atoms. The fourth-order valence-electron chi connectivity index (χ4n) is 4.31. The number of sulfone groups is 1. The highest BCUT2D eigenvalue weighted by atomic mass is 35.5. The second kappa shape index (κ2) is 9.27. The largest absolute Gasteiger partial charge is 0.416 e. The molecule has 0 saturated carbocycles. The van der Waals surface area contributed by atoms with Gasteiger partial charge in [-0.3, -0.25) is 0 Å². The molecule has 3 aromatic carbocycles. The molecule has 4 aromatic rings. The molecule has 1 aliphatic heterocycles. The molecule has 2 N–H and O–H groups in total. The number of aromatic nitrogens is 2. The number of aryl methyl sites for hydroxylation is 1. The molecule has 1 atom stereocenters. The Morgan fingerprint density at radius 3 is 2.53 bits per heavy atom. The van der Waals surface area contributed by atoms with Crippen LogP contribution in [0.15, 0.2) is 63.9 Å². The Bertz CT molecular complexity index is 1540. The van der Waals surface area contributed by atoms with Crippen molar-refractivity contribution >= 4 is 27.1 Å². The van der Waals surface area contributed by atoms with Gasteiger partial charge in [-0.15, -0.1) is 10.2 Å². The molecule has 2 heterocycles. The van der Waals surface area contributed by atoms with Gasteiger partial charge in [-0.05, 0) is 48.4 Å². The van der Waals surface area contributed by atoms with Crippen LogP contribution < -0.4 is 10.6 Å². The van der Waals surface area contributed by atoms with Gasteiger partial charge in [0.15, 0.2) is 9.84 Å². The normalized spacial score (nSPS) is 17.0. The molecule has 5 rings (SSSR count). The topological polar surface area (TPSA) is 102 Å². The van der Waals surface area contributed by atoms with E-state index in [9.17, 15) is 12.8 Å². The maximum atomic E-state index is 15.3. The standard InChI is InChI=1S/C25H21ClF2N4O3S/c1-14-3-2-4-19(27)23(14)25-31-30-24(35-25)18-9-21-22(10-20(18)28)36(33,34)13-17(29)12-32(21)11-15-5-7-16(26)8-6-15/h2-10,17H,11-13,29H2,1H3/t17-/m1/s1. The summed E-state index contributed by atoms with van der Waals surface area (Å²) in [7, 11) is -3.87. The van der Waals surface area contributed by atoms with Crippen molar-refractivity contribution in [3.63, 3.8) is 0 Å². The zero-order chi connectivity index (χ0) is 25.6. The fourth-order valence-corrected chi connectivity index (χ4v) is 6.07. The summed E-state index contributed by atoms with van der Waals surface area (Å²) in [5, 5.41) is 8.39. The smallest absolute Gasteiger partial charge is 0.251 e. The van der Waals surface area contributed by atoms with E-state index in [1.807, 2.05) is 12.1 Å². The lowest BCUT2D eigenvalue weighted by Crippen LogP contribution is -2.39. The number of rotatable bonds is 4. The summed E-state index contributed by atoms with van der Waals surface area (Å²) < 4.78 is 61.4. The van der Waals surface area contributed by atoms with E-state index in [1.54, 1.807) is 36.1 Å². The summed E-state index contributed by atoms with van der Waals surface area (Å²) in [6.07, 6.45) is 0. The van der Waals surface area contributed by atoms with Gasteiger partial charge >= 0.3 is 0 Å². The minimum atomic E-state index is -3.87. The molecule has 36 heavy (non-hydrogen) atoms. The average Bonchev–Trinajstić information content (AvgIpc) is 3.25. The average molecular weight is 531 g/mol. The first-order valence-electron chi connectivity index (χ1n) is 11.0. The van der Waals surface area contributed by atoms with E-state index in [0.717, 1.165) is 11.6 Å². The molecule has 0 bridgehead atoms. The van der Waals surface area contributed by atoms with Crippen LogP contribution in [0.25, 0.3) is 22.9 Å². The van der Waals surface area contributed by atoms with E-state index in [0.29, 0.717) is 17.1 Å². The van der Waals surface area contributed by atoms with Crippen LogP contribution in [0.3, 0.4) is 0 Å². The van der Waals surface area contributed by atoms with Gasteiger partial charge in [-0.2, -0.15) is 0 Å². The Labute approximate surface area is 211 Å². The predicted molar refractivity (Wildman–Crippen MR) is 132 cm³/mol. The van der Waals surface area contributed by atoms with E-state index >= 15 is 4.39 Å². The number of anilines is 1. The minimum absolute atomic E-state index is 0.103. The van der Waals surface area contributed by atoms with Crippen LogP contribution in [0.2, 0.25) is 5.02 Å². The van der Waals surface area contributed by atoms with Gasteiger partial charge in [0.05, 0.1) is 27.5 Å². The lowest BCUT2D eigenvalue weighted by atomic mass is 10.1. The third-order valence-electron chi connectivity index (χ3n) is 5.99. The van der Waals surface area contributed by atoms with Gasteiger partial charge in [0, 0.05) is 24.2 Å². The van der Waals surface area contributed by atoms with E-state index in [1.165, 1.54) is 12.1 Å². The van der Waals surface area contributed by atoms with Crippen LogP contribution in [0, 0.1) is 18.6 Å². The number of hydrogen-bond acceptors (Lipinski definition) is 7. The van der Waals surface area contributed by atoms with Gasteiger partial charge in [-0.25, -0.2) is 17.2 Å². The molecule has 0 aliphatic carbocycles. The summed E-state index contributed by atoms with van der Waals surface area (Å²) in [5.74, 6) is -2.05. The highest BCUT2D eigenvalue weighted by molar-refractivity contribution is 7.91. The molecule has 1 aromatic heterocycles. The van der Waals surface area contributed by atoms with Crippen LogP contribution in [0.4, 0.5) is 14.5 Å². The molecule has 0 radical (unpaired) electrons. The summed E-state index contributed by atoms with van der Waals surface area (Å²) in [5.41, 5.74) is 7.83. The number of nitrogens with zero attached hydrogens (tertiary/aromatic N) is 3. The monoisotopic (exact) mass is 530 g/mol. The number of fused-ring (bicyclic) bond motifs is 1. The molecule has 7 nitrogen and oxygen atoms in total. The first-order valence-corrected chi connectivity index (χ1v) is 13.1. The summed E-state index contributed by atoms with van der Waals surface area (Å²) in [6.45, 7) is 2.21. The van der Waals surface area contributed by atoms with Crippen molar-refractivity contribution in [3.05, 3.63) is 82.4 Å². The lowest BCUT2D eigenvalue weighted by Gasteiger charge is -2.26. The summed E-state index contributed by atoms with van der Waals surface area (Å²) in [4.78, 5) is 1.60. The van der Waals surface area contributed by atoms with E-state index < -0.39 is 27.5 Å². The Kier molecular flexibility index (Phi) is 6.27. The lowest BCUT2D eigenvalue weighted by molar-refractivity contribution is 0.559. The van der Waals surface area contributed by atoms with E-state index in [2.05, 4.69) is 10.2 Å². The van der Waals surface area contributed by atoms with Gasteiger partial charge in [0.1, 0.15) is 11.6 Å². The Hall–Kier alpha value is -3.34. The SMILES string of the molecule is Cc1cccc(F)c1-c1nnc(-c2cc3c(cc2F)S(=O)(=O)C[C@H](N)CN3Cc2ccc(Cl)cc2)o1.